The molecule has 1 aliphatic carbocycles. The normalized spacial score (nSPS) is 13.1. The van der Waals surface area contributed by atoms with Crippen LogP contribution in [0.3, 0.4) is 0 Å². The predicted molar refractivity (Wildman–Crippen MR) is 125 cm³/mol. The second-order valence-electron chi connectivity index (χ2n) is 7.56. The highest BCUT2D eigenvalue weighted by Crippen LogP contribution is 2.28. The number of methoxy groups -OCH3 is 2. The molecule has 3 aromatic rings. The van der Waals surface area contributed by atoms with Crippen molar-refractivity contribution in [3.63, 3.8) is 0 Å². The van der Waals surface area contributed by atoms with E-state index < -0.39 is 9.84 Å². The van der Waals surface area contributed by atoms with Crippen LogP contribution in [0.15, 0.2) is 70.8 Å². The number of hydrogen-bond acceptors (Lipinski definition) is 7. The molecule has 0 radical (unpaired) electrons. The van der Waals surface area contributed by atoms with Gasteiger partial charge in [0.2, 0.25) is 15.0 Å². The lowest BCUT2D eigenvalue weighted by molar-refractivity contribution is 0.354. The molecule has 0 saturated heterocycles. The van der Waals surface area contributed by atoms with Crippen molar-refractivity contribution in [1.82, 2.24) is 14.5 Å². The van der Waals surface area contributed by atoms with Crippen molar-refractivity contribution in [3.8, 4) is 22.8 Å². The van der Waals surface area contributed by atoms with E-state index in [4.69, 9.17) is 9.47 Å². The molecule has 170 valence electrons. The van der Waals surface area contributed by atoms with Gasteiger partial charge in [0.25, 0.3) is 5.56 Å². The Hall–Kier alpha value is -3.72. The smallest absolute Gasteiger partial charge is 0.250 e. The molecular weight excluding hydrogens is 442 g/mol. The molecule has 0 N–H and O–H groups in total. The van der Waals surface area contributed by atoms with Crippen molar-refractivity contribution in [2.75, 3.05) is 20.5 Å². The first-order valence-corrected chi connectivity index (χ1v) is 12.1. The van der Waals surface area contributed by atoms with E-state index in [1.807, 2.05) is 24.3 Å². The molecule has 0 spiro atoms. The van der Waals surface area contributed by atoms with Crippen LogP contribution >= 0.6 is 0 Å². The fraction of sp³-hybridized carbons (Fsp3) is 0.208. The van der Waals surface area contributed by atoms with Gasteiger partial charge in [-0.3, -0.25) is 4.79 Å². The molecule has 0 amide bonds. The zero-order valence-electron chi connectivity index (χ0n) is 18.5. The fourth-order valence-electron chi connectivity index (χ4n) is 3.52. The molecule has 1 aromatic carbocycles. The maximum Gasteiger partial charge on any atom is 0.250 e. The largest absolute Gasteiger partial charge is 0.493 e. The number of hydrogen-bond donors (Lipinski definition) is 0. The SMILES string of the molecule is COc1ccc(Cn2cc(-c3cc(C4=CCC=C4)nc(S(C)(=O)=O)n3)ccc2=O)cc1OC. The van der Waals surface area contributed by atoms with Crippen molar-refractivity contribution >= 4 is 15.4 Å². The fourth-order valence-corrected chi connectivity index (χ4v) is 4.05. The van der Waals surface area contributed by atoms with Crippen LogP contribution in [0.1, 0.15) is 17.7 Å². The van der Waals surface area contributed by atoms with E-state index in [0.29, 0.717) is 28.5 Å². The first-order chi connectivity index (χ1) is 15.8. The van der Waals surface area contributed by atoms with Crippen LogP contribution in [0, 0.1) is 0 Å². The lowest BCUT2D eigenvalue weighted by Gasteiger charge is -2.12. The first kappa shape index (κ1) is 22.5. The van der Waals surface area contributed by atoms with Gasteiger partial charge in [-0.25, -0.2) is 18.4 Å². The minimum Gasteiger partial charge on any atom is -0.493 e. The third-order valence-corrected chi connectivity index (χ3v) is 6.03. The average Bonchev–Trinajstić information content (AvgIpc) is 3.34. The van der Waals surface area contributed by atoms with Gasteiger partial charge >= 0.3 is 0 Å². The van der Waals surface area contributed by atoms with Crippen LogP contribution in [-0.4, -0.2) is 43.4 Å². The Kier molecular flexibility index (Phi) is 6.15. The van der Waals surface area contributed by atoms with E-state index in [9.17, 15) is 13.2 Å². The Morgan fingerprint density at radius 2 is 1.76 bits per heavy atom. The molecule has 4 rings (SSSR count). The molecular formula is C24H23N3O5S. The number of allylic oxidation sites excluding steroid dienone is 4. The number of aromatic nitrogens is 3. The predicted octanol–water partition coefficient (Wildman–Crippen LogP) is 3.12. The van der Waals surface area contributed by atoms with Crippen LogP contribution in [0.2, 0.25) is 0 Å². The summed E-state index contributed by atoms with van der Waals surface area (Å²) in [6.45, 7) is 0.289. The number of ether oxygens (including phenoxy) is 2. The second kappa shape index (κ2) is 9.03. The van der Waals surface area contributed by atoms with E-state index in [-0.39, 0.29) is 17.3 Å². The first-order valence-electron chi connectivity index (χ1n) is 10.2. The van der Waals surface area contributed by atoms with Gasteiger partial charge in [0.15, 0.2) is 11.5 Å². The molecule has 2 heterocycles. The molecule has 0 unspecified atom stereocenters. The number of benzene rings is 1. The number of sulfone groups is 1. The van der Waals surface area contributed by atoms with Gasteiger partial charge in [0.1, 0.15) is 0 Å². The number of pyridine rings is 1. The third-order valence-electron chi connectivity index (χ3n) is 5.18. The van der Waals surface area contributed by atoms with E-state index >= 15 is 0 Å². The molecule has 0 fully saturated rings. The van der Waals surface area contributed by atoms with Gasteiger partial charge in [0, 0.05) is 24.1 Å². The molecule has 0 saturated carbocycles. The summed E-state index contributed by atoms with van der Waals surface area (Å²) in [6.07, 6.45) is 9.34. The Morgan fingerprint density at radius 3 is 2.42 bits per heavy atom. The standard InChI is InChI=1S/C24H23N3O5S/c1-31-21-10-8-16(12-22(21)32-2)14-27-15-18(9-11-23(27)28)20-13-19(17-6-4-5-7-17)25-24(26-20)33(3,29)30/h4,6-13,15H,5,14H2,1-3H3. The maximum atomic E-state index is 12.5. The van der Waals surface area contributed by atoms with Crippen molar-refractivity contribution in [2.45, 2.75) is 18.1 Å². The Balaban J connectivity index is 1.77. The summed E-state index contributed by atoms with van der Waals surface area (Å²) in [5.74, 6) is 1.16. The monoisotopic (exact) mass is 465 g/mol. The summed E-state index contributed by atoms with van der Waals surface area (Å²) in [4.78, 5) is 21.1. The van der Waals surface area contributed by atoms with Crippen LogP contribution in [0.5, 0.6) is 11.5 Å². The minimum atomic E-state index is -3.63. The highest BCUT2D eigenvalue weighted by Gasteiger charge is 2.17. The molecule has 33 heavy (non-hydrogen) atoms. The summed E-state index contributed by atoms with van der Waals surface area (Å²) < 4.78 is 36.6. The molecule has 0 aliphatic heterocycles. The Labute approximate surface area is 191 Å². The lowest BCUT2D eigenvalue weighted by Crippen LogP contribution is -2.19. The Bertz CT molecular complexity index is 1440. The minimum absolute atomic E-state index is 0.201. The summed E-state index contributed by atoms with van der Waals surface area (Å²) in [7, 11) is -0.524. The van der Waals surface area contributed by atoms with Gasteiger partial charge < -0.3 is 14.0 Å². The summed E-state index contributed by atoms with van der Waals surface area (Å²) in [6, 6.07) is 10.2. The van der Waals surface area contributed by atoms with Crippen LogP contribution in [-0.2, 0) is 16.4 Å². The highest BCUT2D eigenvalue weighted by atomic mass is 32.2. The van der Waals surface area contributed by atoms with Crippen LogP contribution in [0.4, 0.5) is 0 Å². The zero-order valence-corrected chi connectivity index (χ0v) is 19.3. The highest BCUT2D eigenvalue weighted by molar-refractivity contribution is 7.90. The lowest BCUT2D eigenvalue weighted by atomic mass is 10.1. The van der Waals surface area contributed by atoms with Crippen molar-refractivity contribution < 1.29 is 17.9 Å². The van der Waals surface area contributed by atoms with Crippen molar-refractivity contribution in [1.29, 1.82) is 0 Å². The maximum absolute atomic E-state index is 12.5. The van der Waals surface area contributed by atoms with Crippen molar-refractivity contribution in [2.24, 2.45) is 0 Å². The Morgan fingerprint density at radius 1 is 1.00 bits per heavy atom. The molecule has 8 nitrogen and oxygen atoms in total. The van der Waals surface area contributed by atoms with Gasteiger partial charge in [-0.1, -0.05) is 24.3 Å². The summed E-state index contributed by atoms with van der Waals surface area (Å²) >= 11 is 0. The molecule has 9 heteroatoms. The van der Waals surface area contributed by atoms with Crippen LogP contribution in [0.25, 0.3) is 16.8 Å². The molecule has 1 aliphatic rings. The molecule has 0 atom stereocenters. The quantitative estimate of drug-likeness (QED) is 0.494. The van der Waals surface area contributed by atoms with Gasteiger partial charge in [-0.2, -0.15) is 0 Å². The second-order valence-corrected chi connectivity index (χ2v) is 9.47. The third kappa shape index (κ3) is 4.88. The molecule has 2 aromatic heterocycles. The topological polar surface area (TPSA) is 100 Å². The van der Waals surface area contributed by atoms with Gasteiger partial charge in [-0.05, 0) is 41.8 Å². The number of nitrogens with zero attached hydrogens (tertiary/aromatic N) is 3. The van der Waals surface area contributed by atoms with E-state index in [1.54, 1.807) is 44.7 Å². The van der Waals surface area contributed by atoms with Crippen molar-refractivity contribution in [3.05, 3.63) is 82.4 Å². The van der Waals surface area contributed by atoms with Crippen LogP contribution < -0.4 is 15.0 Å². The summed E-state index contributed by atoms with van der Waals surface area (Å²) in [5.41, 5.74) is 3.02. The van der Waals surface area contributed by atoms with E-state index in [0.717, 1.165) is 23.8 Å². The van der Waals surface area contributed by atoms with Gasteiger partial charge in [-0.15, -0.1) is 0 Å². The van der Waals surface area contributed by atoms with E-state index in [1.165, 1.54) is 10.6 Å². The zero-order chi connectivity index (χ0) is 23.6. The average molecular weight is 466 g/mol. The summed E-state index contributed by atoms with van der Waals surface area (Å²) in [5, 5.41) is -0.256. The van der Waals surface area contributed by atoms with E-state index in [2.05, 4.69) is 9.97 Å². The molecule has 0 bridgehead atoms. The van der Waals surface area contributed by atoms with Gasteiger partial charge in [0.05, 0.1) is 32.2 Å². The number of rotatable bonds is 7.